The van der Waals surface area contributed by atoms with Crippen LogP contribution in [0.4, 0.5) is 29.7 Å². The number of aromatic amines is 1. The number of thioether (sulfide) groups is 1. The summed E-state index contributed by atoms with van der Waals surface area (Å²) in [5.41, 5.74) is 0.542. The van der Waals surface area contributed by atoms with E-state index in [0.717, 1.165) is 12.1 Å². The lowest BCUT2D eigenvalue weighted by molar-refractivity contribution is -0.119. The van der Waals surface area contributed by atoms with Gasteiger partial charge in [-0.3, -0.25) is 14.6 Å². The van der Waals surface area contributed by atoms with Crippen LogP contribution in [0.5, 0.6) is 0 Å². The molecule has 2 aliphatic heterocycles. The number of amides is 3. The van der Waals surface area contributed by atoms with E-state index in [1.165, 1.54) is 52.8 Å². The number of hydrogen-bond donors (Lipinski definition) is 2. The van der Waals surface area contributed by atoms with Crippen LogP contribution in [-0.4, -0.2) is 65.7 Å². The molecule has 3 aromatic rings. The highest BCUT2D eigenvalue weighted by molar-refractivity contribution is 7.99. The summed E-state index contributed by atoms with van der Waals surface area (Å²) < 4.78 is 40.8. The van der Waals surface area contributed by atoms with Crippen molar-refractivity contribution in [2.24, 2.45) is 0 Å². The molecular formula is C25H23F2N5O5S. The van der Waals surface area contributed by atoms with Gasteiger partial charge in [0.1, 0.15) is 23.8 Å². The van der Waals surface area contributed by atoms with Crippen LogP contribution >= 0.6 is 11.8 Å². The van der Waals surface area contributed by atoms with Gasteiger partial charge in [0.05, 0.1) is 31.0 Å². The van der Waals surface area contributed by atoms with Crippen molar-refractivity contribution in [3.63, 3.8) is 0 Å². The van der Waals surface area contributed by atoms with E-state index in [4.69, 9.17) is 9.47 Å². The second kappa shape index (κ2) is 10.7. The highest BCUT2D eigenvalue weighted by Gasteiger charge is 2.34. The number of H-pyrrole nitrogens is 1. The first-order valence-corrected chi connectivity index (χ1v) is 12.7. The Balaban J connectivity index is 1.27. The topological polar surface area (TPSA) is 117 Å². The minimum absolute atomic E-state index is 0.00261. The van der Waals surface area contributed by atoms with E-state index in [1.54, 1.807) is 12.4 Å². The second-order valence-corrected chi connectivity index (χ2v) is 9.71. The quantitative estimate of drug-likeness (QED) is 0.414. The molecule has 0 unspecified atom stereocenters. The third kappa shape index (κ3) is 5.42. The molecule has 0 aliphatic carbocycles. The number of cyclic esters (lactones) is 2. The molecule has 3 amide bonds. The first kappa shape index (κ1) is 25.5. The number of nitrogens with zero attached hydrogens (tertiary/aromatic N) is 3. The summed E-state index contributed by atoms with van der Waals surface area (Å²) in [7, 11) is 0. The molecule has 0 bridgehead atoms. The molecule has 2 fully saturated rings. The van der Waals surface area contributed by atoms with Gasteiger partial charge in [-0.1, -0.05) is 11.8 Å². The van der Waals surface area contributed by atoms with Crippen molar-refractivity contribution in [1.82, 2.24) is 15.3 Å². The Hall–Kier alpha value is -4.13. The molecule has 2 N–H and O–H groups in total. The zero-order valence-corrected chi connectivity index (χ0v) is 21.0. The molecule has 0 spiro atoms. The van der Waals surface area contributed by atoms with Gasteiger partial charge in [0.2, 0.25) is 5.91 Å². The largest absolute Gasteiger partial charge is 0.443 e. The van der Waals surface area contributed by atoms with Crippen LogP contribution in [0.3, 0.4) is 0 Å². The normalized spacial score (nSPS) is 19.0. The smallest absolute Gasteiger partial charge is 0.414 e. The van der Waals surface area contributed by atoms with Crippen LogP contribution in [0.1, 0.15) is 6.92 Å². The Labute approximate surface area is 220 Å². The molecule has 0 radical (unpaired) electrons. The van der Waals surface area contributed by atoms with Crippen molar-refractivity contribution in [1.29, 1.82) is 0 Å². The van der Waals surface area contributed by atoms with Crippen LogP contribution < -0.4 is 15.1 Å². The number of hydrogen-bond acceptors (Lipinski definition) is 7. The third-order valence-electron chi connectivity index (χ3n) is 6.02. The van der Waals surface area contributed by atoms with Gasteiger partial charge in [-0.05, 0) is 36.4 Å². The number of benzene rings is 2. The summed E-state index contributed by atoms with van der Waals surface area (Å²) in [6, 6.07) is 8.09. The maximum atomic E-state index is 15.1. The summed E-state index contributed by atoms with van der Waals surface area (Å²) in [5, 5.41) is 3.28. The molecule has 10 nitrogen and oxygen atoms in total. The number of nitrogens with one attached hydrogen (secondary N) is 2. The second-order valence-electron chi connectivity index (χ2n) is 8.70. The van der Waals surface area contributed by atoms with Crippen LogP contribution in [-0.2, 0) is 14.3 Å². The van der Waals surface area contributed by atoms with E-state index >= 15 is 8.78 Å². The van der Waals surface area contributed by atoms with Crippen molar-refractivity contribution in [3.05, 3.63) is 60.4 Å². The maximum absolute atomic E-state index is 15.1. The van der Waals surface area contributed by atoms with Crippen molar-refractivity contribution >= 4 is 41.2 Å². The van der Waals surface area contributed by atoms with Crippen LogP contribution in [0.15, 0.2) is 53.9 Å². The van der Waals surface area contributed by atoms with Crippen molar-refractivity contribution < 1.29 is 32.6 Å². The molecule has 2 saturated heterocycles. The van der Waals surface area contributed by atoms with Gasteiger partial charge in [-0.15, -0.1) is 0 Å². The molecular weight excluding hydrogens is 520 g/mol. The number of aromatic nitrogens is 2. The standard InChI is InChI=1S/C25H23F2N5O5S/c1-14(33)30-10-17-11-31(24(34)36-17)15-2-4-19(21(26)8-15)20-5-3-16(9-22(20)27)32-12-18(37-25(32)35)13-38-23-28-6-7-29-23/h2-9,17-18H,10-13H2,1H3,(H,28,29)(H,30,33)/t17-,18+/m0/s1. The fourth-order valence-corrected chi connectivity index (χ4v) is 5.00. The summed E-state index contributed by atoms with van der Waals surface area (Å²) >= 11 is 1.41. The van der Waals surface area contributed by atoms with Crippen LogP contribution in [0, 0.1) is 11.6 Å². The number of imidazole rings is 1. The summed E-state index contributed by atoms with van der Waals surface area (Å²) in [5.74, 6) is -1.23. The first-order chi connectivity index (χ1) is 18.3. The molecule has 198 valence electrons. The lowest BCUT2D eigenvalue weighted by Crippen LogP contribution is -2.33. The van der Waals surface area contributed by atoms with Gasteiger partial charge >= 0.3 is 12.2 Å². The van der Waals surface area contributed by atoms with Gasteiger partial charge < -0.3 is 19.8 Å². The Morgan fingerprint density at radius 3 is 2.13 bits per heavy atom. The van der Waals surface area contributed by atoms with Crippen molar-refractivity contribution in [3.8, 4) is 11.1 Å². The van der Waals surface area contributed by atoms with E-state index in [-0.39, 0.29) is 42.4 Å². The number of anilines is 2. The van der Waals surface area contributed by atoms with Gasteiger partial charge in [0.15, 0.2) is 5.16 Å². The third-order valence-corrected chi connectivity index (χ3v) is 7.06. The van der Waals surface area contributed by atoms with Gasteiger partial charge in [0, 0.05) is 36.2 Å². The molecule has 38 heavy (non-hydrogen) atoms. The van der Waals surface area contributed by atoms with Crippen molar-refractivity contribution in [2.45, 2.75) is 24.3 Å². The molecule has 3 heterocycles. The number of carbonyl (C=O) groups is 3. The van der Waals surface area contributed by atoms with Crippen LogP contribution in [0.25, 0.3) is 11.1 Å². The Morgan fingerprint density at radius 2 is 1.61 bits per heavy atom. The zero-order chi connectivity index (χ0) is 26.8. The minimum atomic E-state index is -0.733. The monoisotopic (exact) mass is 543 g/mol. The lowest BCUT2D eigenvalue weighted by atomic mass is 10.0. The van der Waals surface area contributed by atoms with E-state index in [1.807, 2.05) is 0 Å². The van der Waals surface area contributed by atoms with Crippen molar-refractivity contribution in [2.75, 3.05) is 35.2 Å². The van der Waals surface area contributed by atoms with Crippen LogP contribution in [0.2, 0.25) is 0 Å². The maximum Gasteiger partial charge on any atom is 0.414 e. The summed E-state index contributed by atoms with van der Waals surface area (Å²) in [6.07, 6.45) is 1.10. The Bertz CT molecular complexity index is 1370. The Morgan fingerprint density at radius 1 is 1.03 bits per heavy atom. The highest BCUT2D eigenvalue weighted by atomic mass is 32.2. The van der Waals surface area contributed by atoms with Gasteiger partial charge in [0.25, 0.3) is 0 Å². The molecule has 0 saturated carbocycles. The number of halogens is 2. The summed E-state index contributed by atoms with van der Waals surface area (Å²) in [6.45, 7) is 1.87. The fraction of sp³-hybridized carbons (Fsp3) is 0.280. The molecule has 2 aromatic carbocycles. The van der Waals surface area contributed by atoms with E-state index < -0.39 is 36.0 Å². The predicted molar refractivity (Wildman–Crippen MR) is 135 cm³/mol. The molecule has 1 aromatic heterocycles. The number of carbonyl (C=O) groups excluding carboxylic acids is 3. The first-order valence-electron chi connectivity index (χ1n) is 11.7. The van der Waals surface area contributed by atoms with E-state index in [9.17, 15) is 14.4 Å². The molecule has 13 heteroatoms. The predicted octanol–water partition coefficient (Wildman–Crippen LogP) is 3.93. The highest BCUT2D eigenvalue weighted by Crippen LogP contribution is 2.33. The molecule has 2 atom stereocenters. The number of ether oxygens (including phenoxy) is 2. The van der Waals surface area contributed by atoms with Gasteiger partial charge in [-0.2, -0.15) is 0 Å². The fourth-order valence-electron chi connectivity index (χ4n) is 4.20. The Kier molecular flexibility index (Phi) is 7.18. The average molecular weight is 544 g/mol. The summed E-state index contributed by atoms with van der Waals surface area (Å²) in [4.78, 5) is 45.3. The van der Waals surface area contributed by atoms with E-state index in [2.05, 4.69) is 15.3 Å². The lowest BCUT2D eigenvalue weighted by Gasteiger charge is -2.16. The zero-order valence-electron chi connectivity index (χ0n) is 20.1. The van der Waals surface area contributed by atoms with E-state index in [0.29, 0.717) is 16.6 Å². The molecule has 2 aliphatic rings. The average Bonchev–Trinajstić information content (AvgIpc) is 3.62. The number of rotatable bonds is 8. The minimum Gasteiger partial charge on any atom is -0.443 e. The molecule has 5 rings (SSSR count). The SMILES string of the molecule is CC(=O)NC[C@H]1CN(c2ccc(-c3ccc(N4C[C@H](CSc5ncc[nH]5)OC4=O)cc3F)c(F)c2)C(=O)O1. The van der Waals surface area contributed by atoms with Gasteiger partial charge in [-0.25, -0.2) is 23.4 Å².